The van der Waals surface area contributed by atoms with Crippen molar-refractivity contribution in [3.63, 3.8) is 0 Å². The number of carbonyl (C=O) groups excluding carboxylic acids is 1. The molecule has 1 aromatic carbocycles. The molecule has 1 heterocycles. The van der Waals surface area contributed by atoms with Crippen LogP contribution in [0.4, 0.5) is 5.69 Å². The number of halogens is 1. The van der Waals surface area contributed by atoms with Gasteiger partial charge in [0.2, 0.25) is 0 Å². The van der Waals surface area contributed by atoms with E-state index < -0.39 is 0 Å². The van der Waals surface area contributed by atoms with Gasteiger partial charge in [0.05, 0.1) is 5.56 Å². The number of likely N-dealkylation sites (tertiary alicyclic amines) is 1. The van der Waals surface area contributed by atoms with Crippen LogP contribution in [0.3, 0.4) is 0 Å². The van der Waals surface area contributed by atoms with Crippen molar-refractivity contribution in [2.75, 3.05) is 31.9 Å². The normalized spacial score (nSPS) is 16.3. The summed E-state index contributed by atoms with van der Waals surface area (Å²) < 4.78 is 0.864. The molecule has 0 atom stereocenters. The minimum atomic E-state index is -0.101. The van der Waals surface area contributed by atoms with E-state index >= 15 is 0 Å². The second-order valence-electron chi connectivity index (χ2n) is 4.89. The van der Waals surface area contributed by atoms with Gasteiger partial charge in [-0.15, -0.1) is 0 Å². The van der Waals surface area contributed by atoms with Crippen molar-refractivity contribution in [3.8, 4) is 0 Å². The molecule has 0 aromatic heterocycles. The predicted octanol–water partition coefficient (Wildman–Crippen LogP) is 2.25. The summed E-state index contributed by atoms with van der Waals surface area (Å²) in [7, 11) is 0. The van der Waals surface area contributed by atoms with Crippen molar-refractivity contribution in [3.05, 3.63) is 28.2 Å². The summed E-state index contributed by atoms with van der Waals surface area (Å²) in [6.07, 6.45) is 3.87. The number of nitrogens with one attached hydrogen (secondary N) is 1. The molecule has 1 saturated heterocycles. The minimum absolute atomic E-state index is 0.101. The van der Waals surface area contributed by atoms with Gasteiger partial charge in [0.25, 0.3) is 5.91 Å². The molecular formula is C14H20BrN3O. The van der Waals surface area contributed by atoms with Crippen LogP contribution in [-0.2, 0) is 0 Å². The number of benzene rings is 1. The van der Waals surface area contributed by atoms with Crippen LogP contribution in [0.15, 0.2) is 22.7 Å². The monoisotopic (exact) mass is 325 g/mol. The number of piperidine rings is 1. The molecule has 2 rings (SSSR count). The van der Waals surface area contributed by atoms with Crippen LogP contribution in [0.5, 0.6) is 0 Å². The van der Waals surface area contributed by atoms with E-state index in [4.69, 9.17) is 5.73 Å². The number of hydrogen-bond acceptors (Lipinski definition) is 3. The SMILES string of the molecule is Nc1ccc(Br)cc1C(=O)NCCN1CCCCC1. The first-order chi connectivity index (χ1) is 9.16. The molecule has 0 bridgehead atoms. The fraction of sp³-hybridized carbons (Fsp3) is 0.500. The summed E-state index contributed by atoms with van der Waals surface area (Å²) in [4.78, 5) is 14.4. The smallest absolute Gasteiger partial charge is 0.253 e. The second kappa shape index (κ2) is 6.91. The Bertz CT molecular complexity index is 444. The molecule has 4 nitrogen and oxygen atoms in total. The van der Waals surface area contributed by atoms with Crippen LogP contribution in [0.25, 0.3) is 0 Å². The van der Waals surface area contributed by atoms with Gasteiger partial charge >= 0.3 is 0 Å². The van der Waals surface area contributed by atoms with Crippen LogP contribution in [0, 0.1) is 0 Å². The van der Waals surface area contributed by atoms with Crippen molar-refractivity contribution in [1.29, 1.82) is 0 Å². The topological polar surface area (TPSA) is 58.4 Å². The average Bonchev–Trinajstić information content (AvgIpc) is 2.42. The van der Waals surface area contributed by atoms with Gasteiger partial charge in [-0.3, -0.25) is 4.79 Å². The van der Waals surface area contributed by atoms with Crippen molar-refractivity contribution in [2.45, 2.75) is 19.3 Å². The Kier molecular flexibility index (Phi) is 5.22. The summed E-state index contributed by atoms with van der Waals surface area (Å²) in [5.41, 5.74) is 6.86. The van der Waals surface area contributed by atoms with Gasteiger partial charge in [-0.1, -0.05) is 22.4 Å². The Morgan fingerprint density at radius 1 is 1.32 bits per heavy atom. The van der Waals surface area contributed by atoms with Gasteiger partial charge in [0.1, 0.15) is 0 Å². The Morgan fingerprint density at radius 3 is 2.79 bits per heavy atom. The van der Waals surface area contributed by atoms with Crippen molar-refractivity contribution in [2.24, 2.45) is 0 Å². The summed E-state index contributed by atoms with van der Waals surface area (Å²) in [6.45, 7) is 3.88. The Balaban J connectivity index is 1.82. The lowest BCUT2D eigenvalue weighted by atomic mass is 10.1. The fourth-order valence-corrected chi connectivity index (χ4v) is 2.69. The number of nitrogens with zero attached hydrogens (tertiary/aromatic N) is 1. The summed E-state index contributed by atoms with van der Waals surface area (Å²) >= 11 is 3.35. The zero-order chi connectivity index (χ0) is 13.7. The lowest BCUT2D eigenvalue weighted by Gasteiger charge is -2.26. The van der Waals surface area contributed by atoms with Crippen molar-refractivity contribution < 1.29 is 4.79 Å². The number of amides is 1. The Hall–Kier alpha value is -1.07. The zero-order valence-electron chi connectivity index (χ0n) is 11.0. The van der Waals surface area contributed by atoms with E-state index in [9.17, 15) is 4.79 Å². The number of nitrogens with two attached hydrogens (primary N) is 1. The molecule has 0 saturated carbocycles. The Morgan fingerprint density at radius 2 is 2.05 bits per heavy atom. The molecule has 0 spiro atoms. The molecule has 0 unspecified atom stereocenters. The van der Waals surface area contributed by atoms with E-state index in [1.54, 1.807) is 12.1 Å². The van der Waals surface area contributed by atoms with Gasteiger partial charge in [-0.05, 0) is 44.1 Å². The van der Waals surface area contributed by atoms with Gasteiger partial charge in [-0.25, -0.2) is 0 Å². The first-order valence-corrected chi connectivity index (χ1v) is 7.52. The zero-order valence-corrected chi connectivity index (χ0v) is 12.6. The highest BCUT2D eigenvalue weighted by molar-refractivity contribution is 9.10. The van der Waals surface area contributed by atoms with Gasteiger partial charge < -0.3 is 16.0 Å². The number of carbonyl (C=O) groups is 1. The molecule has 1 aliphatic rings. The van der Waals surface area contributed by atoms with Crippen LogP contribution in [0.1, 0.15) is 29.6 Å². The van der Waals surface area contributed by atoms with Crippen molar-refractivity contribution in [1.82, 2.24) is 10.2 Å². The first-order valence-electron chi connectivity index (χ1n) is 6.72. The van der Waals surface area contributed by atoms with E-state index in [1.165, 1.54) is 19.3 Å². The summed E-state index contributed by atoms with van der Waals surface area (Å²) in [5, 5.41) is 2.93. The minimum Gasteiger partial charge on any atom is -0.398 e. The third kappa shape index (κ3) is 4.21. The summed E-state index contributed by atoms with van der Waals surface area (Å²) in [6, 6.07) is 5.33. The molecule has 5 heteroatoms. The van der Waals surface area contributed by atoms with Crippen LogP contribution in [-0.4, -0.2) is 37.0 Å². The molecule has 1 aromatic rings. The van der Waals surface area contributed by atoms with Crippen LogP contribution in [0.2, 0.25) is 0 Å². The maximum atomic E-state index is 12.0. The molecule has 0 radical (unpaired) electrons. The third-order valence-corrected chi connectivity index (χ3v) is 3.92. The van der Waals surface area contributed by atoms with E-state index in [1.807, 2.05) is 6.07 Å². The quantitative estimate of drug-likeness (QED) is 0.835. The van der Waals surface area contributed by atoms with Crippen LogP contribution < -0.4 is 11.1 Å². The highest BCUT2D eigenvalue weighted by Crippen LogP contribution is 2.18. The van der Waals surface area contributed by atoms with Gasteiger partial charge in [0.15, 0.2) is 0 Å². The largest absolute Gasteiger partial charge is 0.398 e. The summed E-state index contributed by atoms with van der Waals surface area (Å²) in [5.74, 6) is -0.101. The van der Waals surface area contributed by atoms with Gasteiger partial charge in [0, 0.05) is 23.2 Å². The molecule has 104 valence electrons. The molecule has 19 heavy (non-hydrogen) atoms. The highest BCUT2D eigenvalue weighted by atomic mass is 79.9. The van der Waals surface area contributed by atoms with E-state index in [-0.39, 0.29) is 5.91 Å². The molecule has 1 aliphatic heterocycles. The molecule has 0 aliphatic carbocycles. The third-order valence-electron chi connectivity index (χ3n) is 3.42. The fourth-order valence-electron chi connectivity index (χ4n) is 2.33. The highest BCUT2D eigenvalue weighted by Gasteiger charge is 2.12. The molecular weight excluding hydrogens is 306 g/mol. The predicted molar refractivity (Wildman–Crippen MR) is 81.2 cm³/mol. The molecule has 3 N–H and O–H groups in total. The number of anilines is 1. The standard InChI is InChI=1S/C14H20BrN3O/c15-11-4-5-13(16)12(10-11)14(19)17-6-9-18-7-2-1-3-8-18/h4-5,10H,1-3,6-9,16H2,(H,17,19). The molecule has 1 amide bonds. The number of rotatable bonds is 4. The average molecular weight is 326 g/mol. The second-order valence-corrected chi connectivity index (χ2v) is 5.81. The van der Waals surface area contributed by atoms with E-state index in [0.717, 1.165) is 24.1 Å². The van der Waals surface area contributed by atoms with E-state index in [2.05, 4.69) is 26.1 Å². The van der Waals surface area contributed by atoms with Crippen molar-refractivity contribution >= 4 is 27.5 Å². The van der Waals surface area contributed by atoms with Gasteiger partial charge in [-0.2, -0.15) is 0 Å². The maximum absolute atomic E-state index is 12.0. The Labute approximate surface area is 122 Å². The number of nitrogen functional groups attached to an aromatic ring is 1. The van der Waals surface area contributed by atoms with E-state index in [0.29, 0.717) is 17.8 Å². The number of hydrogen-bond donors (Lipinski definition) is 2. The lowest BCUT2D eigenvalue weighted by molar-refractivity contribution is 0.0947. The van der Waals surface area contributed by atoms with Crippen LogP contribution >= 0.6 is 15.9 Å². The first kappa shape index (κ1) is 14.3. The molecule has 1 fully saturated rings. The maximum Gasteiger partial charge on any atom is 0.253 e. The lowest BCUT2D eigenvalue weighted by Crippen LogP contribution is -2.37.